The molecule has 0 aromatic heterocycles. The number of nitrogens with zero attached hydrogens (tertiary/aromatic N) is 2. The van der Waals surface area contributed by atoms with Crippen molar-refractivity contribution in [3.8, 4) is 0 Å². The fourth-order valence-corrected chi connectivity index (χ4v) is 2.92. The fourth-order valence-electron chi connectivity index (χ4n) is 2.92. The van der Waals surface area contributed by atoms with E-state index in [1.54, 1.807) is 4.90 Å². The molecule has 5 nitrogen and oxygen atoms in total. The third kappa shape index (κ3) is 5.06. The third-order valence-corrected chi connectivity index (χ3v) is 4.08. The van der Waals surface area contributed by atoms with Crippen molar-refractivity contribution in [2.75, 3.05) is 26.3 Å². The van der Waals surface area contributed by atoms with Crippen LogP contribution in [0.15, 0.2) is 30.3 Å². The normalized spacial score (nSPS) is 16.9. The highest BCUT2D eigenvalue weighted by molar-refractivity contribution is 5.83. The molecule has 1 N–H and O–H groups in total. The van der Waals surface area contributed by atoms with Crippen molar-refractivity contribution in [1.29, 1.82) is 0 Å². The molecule has 1 unspecified atom stereocenters. The molecule has 1 heterocycles. The van der Waals surface area contributed by atoms with Gasteiger partial charge in [0.1, 0.15) is 0 Å². The molecule has 0 bridgehead atoms. The van der Waals surface area contributed by atoms with E-state index in [9.17, 15) is 9.59 Å². The number of hydrogen-bond donors (Lipinski definition) is 1. The van der Waals surface area contributed by atoms with Crippen LogP contribution in [0.2, 0.25) is 0 Å². The zero-order valence-corrected chi connectivity index (χ0v) is 14.3. The molecule has 2 amide bonds. The first-order chi connectivity index (χ1) is 11.0. The van der Waals surface area contributed by atoms with Crippen molar-refractivity contribution in [1.82, 2.24) is 15.1 Å². The largest absolute Gasteiger partial charge is 0.348 e. The summed E-state index contributed by atoms with van der Waals surface area (Å²) in [6, 6.07) is 10.1. The molecule has 0 spiro atoms. The van der Waals surface area contributed by atoms with Crippen molar-refractivity contribution in [2.24, 2.45) is 5.92 Å². The molecule has 1 aromatic rings. The summed E-state index contributed by atoms with van der Waals surface area (Å²) in [7, 11) is 0. The fraction of sp³-hybridized carbons (Fsp3) is 0.556. The van der Waals surface area contributed by atoms with Gasteiger partial charge in [-0.05, 0) is 24.8 Å². The second-order valence-corrected chi connectivity index (χ2v) is 6.54. The third-order valence-electron chi connectivity index (χ3n) is 4.08. The number of likely N-dealkylation sites (N-methyl/N-ethyl adjacent to an activating group) is 1. The van der Waals surface area contributed by atoms with Crippen molar-refractivity contribution in [2.45, 2.75) is 33.2 Å². The Bertz CT molecular complexity index is 530. The second-order valence-electron chi connectivity index (χ2n) is 6.54. The van der Waals surface area contributed by atoms with Gasteiger partial charge in [-0.1, -0.05) is 44.2 Å². The maximum Gasteiger partial charge on any atom is 0.237 e. The lowest BCUT2D eigenvalue weighted by Crippen LogP contribution is -2.39. The molecular formula is C18H27N3O2. The Labute approximate surface area is 138 Å². The quantitative estimate of drug-likeness (QED) is 0.837. The summed E-state index contributed by atoms with van der Waals surface area (Å²) in [6.45, 7) is 8.10. The topological polar surface area (TPSA) is 52.6 Å². The number of amides is 2. The van der Waals surface area contributed by atoms with Gasteiger partial charge in [0, 0.05) is 6.54 Å². The summed E-state index contributed by atoms with van der Waals surface area (Å²) in [4.78, 5) is 27.8. The van der Waals surface area contributed by atoms with Crippen LogP contribution in [0.5, 0.6) is 0 Å². The van der Waals surface area contributed by atoms with Crippen molar-refractivity contribution in [3.63, 3.8) is 0 Å². The monoisotopic (exact) mass is 317 g/mol. The van der Waals surface area contributed by atoms with Crippen LogP contribution in [0.4, 0.5) is 0 Å². The Kier molecular flexibility index (Phi) is 6.16. The Hall–Kier alpha value is -1.88. The molecule has 0 saturated carbocycles. The van der Waals surface area contributed by atoms with E-state index in [1.807, 2.05) is 42.2 Å². The maximum absolute atomic E-state index is 12.4. The highest BCUT2D eigenvalue weighted by Crippen LogP contribution is 2.21. The van der Waals surface area contributed by atoms with Gasteiger partial charge in [-0.15, -0.1) is 0 Å². The summed E-state index contributed by atoms with van der Waals surface area (Å²) >= 11 is 0. The highest BCUT2D eigenvalue weighted by atomic mass is 16.2. The van der Waals surface area contributed by atoms with Crippen LogP contribution in [0.25, 0.3) is 0 Å². The minimum Gasteiger partial charge on any atom is -0.348 e. The van der Waals surface area contributed by atoms with Gasteiger partial charge >= 0.3 is 0 Å². The molecule has 0 radical (unpaired) electrons. The second kappa shape index (κ2) is 8.11. The average molecular weight is 317 g/mol. The Morgan fingerprint density at radius 1 is 1.26 bits per heavy atom. The summed E-state index contributed by atoms with van der Waals surface area (Å²) in [5, 5.41) is 3.13. The van der Waals surface area contributed by atoms with Gasteiger partial charge in [-0.25, -0.2) is 0 Å². The van der Waals surface area contributed by atoms with E-state index < -0.39 is 0 Å². The first-order valence-corrected chi connectivity index (χ1v) is 8.34. The van der Waals surface area contributed by atoms with Gasteiger partial charge in [0.2, 0.25) is 11.8 Å². The summed E-state index contributed by atoms with van der Waals surface area (Å²) in [5.74, 6) is 0.566. The smallest absolute Gasteiger partial charge is 0.237 e. The number of benzene rings is 1. The first kappa shape index (κ1) is 17.5. The molecule has 5 heteroatoms. The van der Waals surface area contributed by atoms with E-state index in [0.717, 1.165) is 12.0 Å². The number of rotatable bonds is 7. The van der Waals surface area contributed by atoms with Crippen LogP contribution >= 0.6 is 0 Å². The van der Waals surface area contributed by atoms with Crippen molar-refractivity contribution >= 4 is 11.8 Å². The van der Waals surface area contributed by atoms with Crippen LogP contribution in [-0.2, 0) is 9.59 Å². The van der Waals surface area contributed by atoms with Crippen LogP contribution in [0.3, 0.4) is 0 Å². The van der Waals surface area contributed by atoms with Gasteiger partial charge in [-0.2, -0.15) is 0 Å². The van der Waals surface area contributed by atoms with Gasteiger partial charge < -0.3 is 10.2 Å². The van der Waals surface area contributed by atoms with Gasteiger partial charge in [0.25, 0.3) is 0 Å². The number of hydrogen-bond acceptors (Lipinski definition) is 3. The minimum absolute atomic E-state index is 0.0179. The molecule has 0 aliphatic carbocycles. The van der Waals surface area contributed by atoms with Gasteiger partial charge in [0.05, 0.1) is 25.8 Å². The highest BCUT2D eigenvalue weighted by Gasteiger charge is 2.28. The Balaban J connectivity index is 1.94. The summed E-state index contributed by atoms with van der Waals surface area (Å²) in [6.07, 6.45) is 0.899. The lowest BCUT2D eigenvalue weighted by Gasteiger charge is -2.23. The van der Waals surface area contributed by atoms with E-state index in [0.29, 0.717) is 25.7 Å². The number of nitrogens with one attached hydrogen (secondary N) is 1. The average Bonchev–Trinajstić information content (AvgIpc) is 2.86. The molecule has 1 aromatic carbocycles. The van der Waals surface area contributed by atoms with Crippen molar-refractivity contribution < 1.29 is 9.59 Å². The van der Waals surface area contributed by atoms with E-state index in [2.05, 4.69) is 19.2 Å². The summed E-state index contributed by atoms with van der Waals surface area (Å²) in [5.41, 5.74) is 1.13. The van der Waals surface area contributed by atoms with E-state index >= 15 is 0 Å². The Morgan fingerprint density at radius 2 is 1.96 bits per heavy atom. The standard InChI is InChI=1S/C18H27N3O2/c1-4-21-13-20(12-18(21)23)11-17(22)19-16(10-14(2)3)15-8-6-5-7-9-15/h5-9,14,16H,4,10-13H2,1-3H3,(H,19,22). The zero-order valence-electron chi connectivity index (χ0n) is 14.3. The number of carbonyl (C=O) groups is 2. The molecule has 1 atom stereocenters. The molecule has 23 heavy (non-hydrogen) atoms. The van der Waals surface area contributed by atoms with Gasteiger partial charge in [0.15, 0.2) is 0 Å². The molecule has 1 aliphatic heterocycles. The Morgan fingerprint density at radius 3 is 2.52 bits per heavy atom. The first-order valence-electron chi connectivity index (χ1n) is 8.34. The summed E-state index contributed by atoms with van der Waals surface area (Å²) < 4.78 is 0. The molecular weight excluding hydrogens is 290 g/mol. The molecule has 126 valence electrons. The van der Waals surface area contributed by atoms with Crippen LogP contribution in [-0.4, -0.2) is 47.9 Å². The van der Waals surface area contributed by atoms with E-state index in [-0.39, 0.29) is 24.4 Å². The minimum atomic E-state index is -0.0229. The predicted octanol–water partition coefficient (Wildman–Crippen LogP) is 2.01. The predicted molar refractivity (Wildman–Crippen MR) is 90.6 cm³/mol. The molecule has 1 fully saturated rings. The molecule has 2 rings (SSSR count). The van der Waals surface area contributed by atoms with Crippen LogP contribution in [0.1, 0.15) is 38.8 Å². The van der Waals surface area contributed by atoms with E-state index in [4.69, 9.17) is 0 Å². The SMILES string of the molecule is CCN1CN(CC(=O)NC(CC(C)C)c2ccccc2)CC1=O. The molecule has 1 aliphatic rings. The van der Waals surface area contributed by atoms with Crippen molar-refractivity contribution in [3.05, 3.63) is 35.9 Å². The van der Waals surface area contributed by atoms with Crippen LogP contribution < -0.4 is 5.32 Å². The van der Waals surface area contributed by atoms with E-state index in [1.165, 1.54) is 0 Å². The maximum atomic E-state index is 12.4. The van der Waals surface area contributed by atoms with Crippen LogP contribution in [0, 0.1) is 5.92 Å². The van der Waals surface area contributed by atoms with Gasteiger partial charge in [-0.3, -0.25) is 14.5 Å². The lowest BCUT2D eigenvalue weighted by molar-refractivity contribution is -0.126. The lowest BCUT2D eigenvalue weighted by atomic mass is 9.97. The molecule has 1 saturated heterocycles. The zero-order chi connectivity index (χ0) is 16.8. The number of carbonyl (C=O) groups excluding carboxylic acids is 2.